The Bertz CT molecular complexity index is 461. The van der Waals surface area contributed by atoms with E-state index >= 15 is 0 Å². The summed E-state index contributed by atoms with van der Waals surface area (Å²) in [5.74, 6) is 0. The maximum absolute atomic E-state index is 11.0. The Kier molecular flexibility index (Phi) is 2.84. The Morgan fingerprint density at radius 3 is 3.12 bits per heavy atom. The predicted molar refractivity (Wildman–Crippen MR) is 71.7 cm³/mol. The first-order chi connectivity index (χ1) is 8.24. The van der Waals surface area contributed by atoms with Gasteiger partial charge in [-0.3, -0.25) is 9.69 Å². The lowest BCUT2D eigenvalue weighted by Crippen LogP contribution is -2.30. The first-order valence-electron chi connectivity index (χ1n) is 6.11. The number of carbonyl (C=O) groups is 1. The van der Waals surface area contributed by atoms with Gasteiger partial charge in [0.2, 0.25) is 0 Å². The van der Waals surface area contributed by atoms with Crippen molar-refractivity contribution in [3.8, 4) is 0 Å². The van der Waals surface area contributed by atoms with Gasteiger partial charge in [0.05, 0.1) is 0 Å². The molecule has 0 aromatic heterocycles. The minimum atomic E-state index is -0.302. The lowest BCUT2D eigenvalue weighted by Gasteiger charge is -2.32. The van der Waals surface area contributed by atoms with Crippen LogP contribution in [0.1, 0.15) is 30.0 Å². The van der Waals surface area contributed by atoms with E-state index in [4.69, 9.17) is 0 Å². The molecule has 1 aromatic rings. The van der Waals surface area contributed by atoms with Crippen LogP contribution in [0, 0.1) is 0 Å². The van der Waals surface area contributed by atoms with E-state index in [0.29, 0.717) is 6.04 Å². The van der Waals surface area contributed by atoms with Gasteiger partial charge in [0.25, 0.3) is 5.24 Å². The molecule has 1 aromatic carbocycles. The average Bonchev–Trinajstić information content (AvgIpc) is 2.76. The molecule has 3 nitrogen and oxygen atoms in total. The summed E-state index contributed by atoms with van der Waals surface area (Å²) in [6.45, 7) is 2.39. The molecule has 1 unspecified atom stereocenters. The van der Waals surface area contributed by atoms with Crippen LogP contribution in [0.2, 0.25) is 0 Å². The second kappa shape index (κ2) is 4.35. The number of nitrogens with one attached hydrogen (secondary N) is 1. The molecular weight excluding hydrogens is 232 g/mol. The van der Waals surface area contributed by atoms with Crippen LogP contribution in [0.25, 0.3) is 0 Å². The Morgan fingerprint density at radius 1 is 1.41 bits per heavy atom. The highest BCUT2D eigenvalue weighted by molar-refractivity contribution is 7.96. The third-order valence-corrected chi connectivity index (χ3v) is 3.90. The van der Waals surface area contributed by atoms with E-state index in [1.54, 1.807) is 0 Å². The standard InChI is InChI=1S/C13H16N2OS/c16-13(17)14-10-4-3-9-5-7-15-6-1-2-12(15)11(9)8-10/h3-4,8,12H,1-2,5-7H2,(H2,14,16,17). The van der Waals surface area contributed by atoms with E-state index in [1.165, 1.54) is 37.1 Å². The SMILES string of the molecule is O=C(S)Nc1ccc2c(c1)C1CCCN1CC2. The van der Waals surface area contributed by atoms with Crippen molar-refractivity contribution in [1.29, 1.82) is 0 Å². The van der Waals surface area contributed by atoms with Crippen molar-refractivity contribution >= 4 is 23.6 Å². The van der Waals surface area contributed by atoms with Crippen LogP contribution in [0.5, 0.6) is 0 Å². The van der Waals surface area contributed by atoms with Crippen molar-refractivity contribution < 1.29 is 4.79 Å². The zero-order valence-corrected chi connectivity index (χ0v) is 10.5. The topological polar surface area (TPSA) is 32.3 Å². The van der Waals surface area contributed by atoms with Gasteiger partial charge < -0.3 is 5.32 Å². The van der Waals surface area contributed by atoms with Crippen molar-refractivity contribution in [3.05, 3.63) is 29.3 Å². The van der Waals surface area contributed by atoms with Gasteiger partial charge in [0.15, 0.2) is 0 Å². The summed E-state index contributed by atoms with van der Waals surface area (Å²) < 4.78 is 0. The maximum atomic E-state index is 11.0. The molecule has 0 bridgehead atoms. The number of carbonyl (C=O) groups excluding carboxylic acids is 1. The lowest BCUT2D eigenvalue weighted by atomic mass is 9.92. The van der Waals surface area contributed by atoms with Gasteiger partial charge in [0.1, 0.15) is 0 Å². The number of hydrogen-bond donors (Lipinski definition) is 2. The van der Waals surface area contributed by atoms with E-state index < -0.39 is 0 Å². The number of benzene rings is 1. The van der Waals surface area contributed by atoms with Gasteiger partial charge in [0, 0.05) is 18.3 Å². The zero-order chi connectivity index (χ0) is 11.8. The molecule has 90 valence electrons. The summed E-state index contributed by atoms with van der Waals surface area (Å²) in [4.78, 5) is 13.5. The molecule has 2 aliphatic rings. The monoisotopic (exact) mass is 248 g/mol. The van der Waals surface area contributed by atoms with Crippen molar-refractivity contribution in [3.63, 3.8) is 0 Å². The molecule has 1 saturated heterocycles. The molecule has 17 heavy (non-hydrogen) atoms. The third-order valence-electron chi connectivity index (χ3n) is 3.79. The van der Waals surface area contributed by atoms with Crippen LogP contribution in [0.4, 0.5) is 10.5 Å². The van der Waals surface area contributed by atoms with E-state index in [0.717, 1.165) is 12.1 Å². The number of hydrogen-bond acceptors (Lipinski definition) is 2. The lowest BCUT2D eigenvalue weighted by molar-refractivity contribution is 0.244. The summed E-state index contributed by atoms with van der Waals surface area (Å²) in [6, 6.07) is 6.79. The van der Waals surface area contributed by atoms with E-state index in [1.807, 2.05) is 6.07 Å². The van der Waals surface area contributed by atoms with E-state index in [-0.39, 0.29) is 5.24 Å². The Labute approximate surface area is 107 Å². The number of anilines is 1. The number of thiol groups is 1. The normalized spacial score (nSPS) is 23.0. The number of nitrogens with zero attached hydrogens (tertiary/aromatic N) is 1. The molecule has 0 radical (unpaired) electrons. The van der Waals surface area contributed by atoms with Crippen molar-refractivity contribution in [1.82, 2.24) is 4.90 Å². The molecule has 2 heterocycles. The van der Waals surface area contributed by atoms with Crippen molar-refractivity contribution in [2.45, 2.75) is 25.3 Å². The van der Waals surface area contributed by atoms with Gasteiger partial charge in [-0.15, -0.1) is 0 Å². The summed E-state index contributed by atoms with van der Waals surface area (Å²) >= 11 is 3.75. The molecule has 3 rings (SSSR count). The molecule has 2 aliphatic heterocycles. The quantitative estimate of drug-likeness (QED) is 0.749. The number of rotatable bonds is 1. The summed E-state index contributed by atoms with van der Waals surface area (Å²) in [5, 5.41) is 2.44. The highest BCUT2D eigenvalue weighted by Crippen LogP contribution is 2.38. The fourth-order valence-electron chi connectivity index (χ4n) is 3.04. The van der Waals surface area contributed by atoms with Gasteiger partial charge in [-0.1, -0.05) is 18.7 Å². The summed E-state index contributed by atoms with van der Waals surface area (Å²) in [6.07, 6.45) is 3.65. The number of fused-ring (bicyclic) bond motifs is 3. The molecule has 1 amide bonds. The molecule has 0 spiro atoms. The summed E-state index contributed by atoms with van der Waals surface area (Å²) in [7, 11) is 0. The Morgan fingerprint density at radius 2 is 2.29 bits per heavy atom. The van der Waals surface area contributed by atoms with Crippen molar-refractivity contribution in [2.24, 2.45) is 0 Å². The second-order valence-electron chi connectivity index (χ2n) is 4.79. The van der Waals surface area contributed by atoms with Crippen LogP contribution < -0.4 is 5.32 Å². The van der Waals surface area contributed by atoms with Gasteiger partial charge in [-0.2, -0.15) is 0 Å². The van der Waals surface area contributed by atoms with Gasteiger partial charge >= 0.3 is 0 Å². The van der Waals surface area contributed by atoms with Crippen LogP contribution >= 0.6 is 12.6 Å². The fraction of sp³-hybridized carbons (Fsp3) is 0.462. The molecule has 0 saturated carbocycles. The smallest absolute Gasteiger partial charge is 0.280 e. The molecule has 1 N–H and O–H groups in total. The first kappa shape index (κ1) is 11.1. The zero-order valence-electron chi connectivity index (χ0n) is 9.65. The largest absolute Gasteiger partial charge is 0.317 e. The van der Waals surface area contributed by atoms with E-state index in [9.17, 15) is 4.79 Å². The minimum Gasteiger partial charge on any atom is -0.317 e. The second-order valence-corrected chi connectivity index (χ2v) is 5.19. The molecule has 1 atom stereocenters. The van der Waals surface area contributed by atoms with Crippen molar-refractivity contribution in [2.75, 3.05) is 18.4 Å². The summed E-state index contributed by atoms with van der Waals surface area (Å²) in [5.41, 5.74) is 3.69. The third kappa shape index (κ3) is 2.07. The highest BCUT2D eigenvalue weighted by atomic mass is 32.1. The average molecular weight is 248 g/mol. The number of amides is 1. The van der Waals surface area contributed by atoms with Crippen LogP contribution in [-0.4, -0.2) is 23.2 Å². The minimum absolute atomic E-state index is 0.302. The van der Waals surface area contributed by atoms with Crippen LogP contribution in [0.15, 0.2) is 18.2 Å². The fourth-order valence-corrected chi connectivity index (χ4v) is 3.17. The van der Waals surface area contributed by atoms with Crippen LogP contribution in [-0.2, 0) is 6.42 Å². The molecule has 4 heteroatoms. The predicted octanol–water partition coefficient (Wildman–Crippen LogP) is 2.84. The van der Waals surface area contributed by atoms with E-state index in [2.05, 4.69) is 35.0 Å². The Hall–Kier alpha value is -1.00. The highest BCUT2D eigenvalue weighted by Gasteiger charge is 2.30. The Balaban J connectivity index is 1.94. The molecule has 1 fully saturated rings. The van der Waals surface area contributed by atoms with Gasteiger partial charge in [-0.05, 0) is 49.1 Å². The first-order valence-corrected chi connectivity index (χ1v) is 6.55. The maximum Gasteiger partial charge on any atom is 0.280 e. The van der Waals surface area contributed by atoms with Crippen LogP contribution in [0.3, 0.4) is 0 Å². The molecule has 0 aliphatic carbocycles. The molecular formula is C13H16N2OS. The van der Waals surface area contributed by atoms with Gasteiger partial charge in [-0.25, -0.2) is 0 Å².